The fourth-order valence-corrected chi connectivity index (χ4v) is 2.52. The van der Waals surface area contributed by atoms with Gasteiger partial charge in [-0.15, -0.1) is 0 Å². The summed E-state index contributed by atoms with van der Waals surface area (Å²) in [5.41, 5.74) is 2.01. The van der Waals surface area contributed by atoms with Gasteiger partial charge in [-0.05, 0) is 50.1 Å². The molecule has 0 saturated heterocycles. The van der Waals surface area contributed by atoms with E-state index in [-0.39, 0.29) is 11.6 Å². The Labute approximate surface area is 144 Å². The highest BCUT2D eigenvalue weighted by molar-refractivity contribution is 8.00. The number of benzene rings is 2. The Hall–Kier alpha value is -2.80. The van der Waals surface area contributed by atoms with Crippen molar-refractivity contribution in [2.45, 2.75) is 18.7 Å². The summed E-state index contributed by atoms with van der Waals surface area (Å²) in [7, 11) is 0. The van der Waals surface area contributed by atoms with E-state index < -0.39 is 4.92 Å². The van der Waals surface area contributed by atoms with Crippen molar-refractivity contribution in [3.05, 3.63) is 76.0 Å². The number of allylic oxidation sites excluding steroid dienone is 2. The van der Waals surface area contributed by atoms with Crippen LogP contribution in [0.1, 0.15) is 24.2 Å². The molecule has 1 amide bonds. The molecule has 0 aliphatic heterocycles. The maximum absolute atomic E-state index is 12.3. The Bertz CT molecular complexity index is 773. The van der Waals surface area contributed by atoms with Crippen LogP contribution in [0.4, 0.5) is 11.4 Å². The van der Waals surface area contributed by atoms with Gasteiger partial charge in [0.2, 0.25) is 0 Å². The number of carbonyl (C=O) groups excluding carboxylic acids is 1. The van der Waals surface area contributed by atoms with Gasteiger partial charge in [0.25, 0.3) is 11.6 Å². The summed E-state index contributed by atoms with van der Waals surface area (Å²) in [6.07, 6.45) is 1.82. The van der Waals surface area contributed by atoms with Gasteiger partial charge in [-0.25, -0.2) is 0 Å². The molecule has 2 N–H and O–H groups in total. The summed E-state index contributed by atoms with van der Waals surface area (Å²) in [5.74, 6) is -0.196. The van der Waals surface area contributed by atoms with E-state index >= 15 is 0 Å². The molecule has 0 aliphatic carbocycles. The number of non-ortho nitro benzene ring substituents is 1. The monoisotopic (exact) mass is 343 g/mol. The number of rotatable bonds is 6. The molecule has 0 aliphatic rings. The van der Waals surface area contributed by atoms with Crippen LogP contribution in [0.2, 0.25) is 0 Å². The van der Waals surface area contributed by atoms with Crippen molar-refractivity contribution in [3.8, 4) is 0 Å². The molecule has 0 unspecified atom stereocenters. The molecule has 0 aromatic heterocycles. The maximum Gasteiger partial charge on any atom is 0.269 e. The maximum atomic E-state index is 12.3. The fraction of sp³-hybridized carbons (Fsp3) is 0.118. The first-order valence-corrected chi connectivity index (χ1v) is 8.03. The first kappa shape index (κ1) is 17.6. The minimum absolute atomic E-state index is 0.0426. The lowest BCUT2D eigenvalue weighted by molar-refractivity contribution is -0.384. The summed E-state index contributed by atoms with van der Waals surface area (Å²) >= 11 is 1.28. The van der Waals surface area contributed by atoms with Crippen molar-refractivity contribution in [1.29, 1.82) is 0 Å². The number of hydrogen-bond acceptors (Lipinski definition) is 5. The average molecular weight is 343 g/mol. The molecule has 2 aromatic carbocycles. The van der Waals surface area contributed by atoms with Crippen LogP contribution in [0, 0.1) is 10.1 Å². The number of carbonyl (C=O) groups is 1. The van der Waals surface area contributed by atoms with E-state index in [4.69, 9.17) is 0 Å². The number of nitro groups is 1. The SMILES string of the molecule is C/C=C(\C)NC(=O)c1ccccc1NSc1ccc([N+](=O)[O-])cc1. The van der Waals surface area contributed by atoms with Gasteiger partial charge in [-0.1, -0.05) is 18.2 Å². The largest absolute Gasteiger partial charge is 0.326 e. The van der Waals surface area contributed by atoms with Crippen LogP contribution in [0.5, 0.6) is 0 Å². The first-order chi connectivity index (χ1) is 11.5. The fourth-order valence-electron chi connectivity index (χ4n) is 1.84. The summed E-state index contributed by atoms with van der Waals surface area (Å²) in [6.45, 7) is 3.67. The highest BCUT2D eigenvalue weighted by Gasteiger charge is 2.11. The zero-order chi connectivity index (χ0) is 17.5. The van der Waals surface area contributed by atoms with Gasteiger partial charge in [-0.2, -0.15) is 0 Å². The summed E-state index contributed by atoms with van der Waals surface area (Å²) in [6, 6.07) is 13.4. The second-order valence-corrected chi connectivity index (χ2v) is 5.81. The second kappa shape index (κ2) is 8.16. The van der Waals surface area contributed by atoms with E-state index in [1.807, 2.05) is 26.0 Å². The number of nitro benzene ring substituents is 1. The van der Waals surface area contributed by atoms with Crippen LogP contribution < -0.4 is 10.0 Å². The molecular weight excluding hydrogens is 326 g/mol. The molecule has 2 aromatic rings. The topological polar surface area (TPSA) is 84.3 Å². The smallest absolute Gasteiger partial charge is 0.269 e. The van der Waals surface area contributed by atoms with E-state index in [1.165, 1.54) is 24.1 Å². The number of hydrogen-bond donors (Lipinski definition) is 2. The van der Waals surface area contributed by atoms with Crippen LogP contribution >= 0.6 is 11.9 Å². The first-order valence-electron chi connectivity index (χ1n) is 7.22. The third-order valence-electron chi connectivity index (χ3n) is 3.24. The Balaban J connectivity index is 2.10. The number of anilines is 1. The van der Waals surface area contributed by atoms with Crippen molar-refractivity contribution < 1.29 is 9.72 Å². The third kappa shape index (κ3) is 4.60. The van der Waals surface area contributed by atoms with Gasteiger partial charge >= 0.3 is 0 Å². The standard InChI is InChI=1S/C17H17N3O3S/c1-3-12(2)18-17(21)15-6-4-5-7-16(15)19-24-14-10-8-13(9-11-14)20(22)23/h3-11,19H,1-2H3,(H,18,21)/b12-3+. The highest BCUT2D eigenvalue weighted by atomic mass is 32.2. The van der Waals surface area contributed by atoms with E-state index in [0.29, 0.717) is 11.3 Å². The van der Waals surface area contributed by atoms with Gasteiger partial charge in [0.05, 0.1) is 16.2 Å². The minimum atomic E-state index is -0.439. The van der Waals surface area contributed by atoms with E-state index in [0.717, 1.165) is 10.6 Å². The van der Waals surface area contributed by atoms with Crippen LogP contribution in [-0.4, -0.2) is 10.8 Å². The van der Waals surface area contributed by atoms with Crippen LogP contribution in [0.25, 0.3) is 0 Å². The molecule has 0 heterocycles. The average Bonchev–Trinajstić information content (AvgIpc) is 2.60. The van der Waals surface area contributed by atoms with Gasteiger partial charge in [-0.3, -0.25) is 14.9 Å². The summed E-state index contributed by atoms with van der Waals surface area (Å²) < 4.78 is 3.12. The number of nitrogens with zero attached hydrogens (tertiary/aromatic N) is 1. The van der Waals surface area contributed by atoms with Crippen molar-refractivity contribution in [1.82, 2.24) is 5.32 Å². The van der Waals surface area contributed by atoms with Gasteiger partial charge in [0.1, 0.15) is 0 Å². The Morgan fingerprint density at radius 3 is 2.46 bits per heavy atom. The molecule has 24 heavy (non-hydrogen) atoms. The minimum Gasteiger partial charge on any atom is -0.326 e. The number of amides is 1. The van der Waals surface area contributed by atoms with Crippen molar-refractivity contribution >= 4 is 29.2 Å². The molecule has 0 spiro atoms. The predicted molar refractivity (Wildman–Crippen MR) is 95.9 cm³/mol. The quantitative estimate of drug-likeness (QED) is 0.462. The molecule has 0 saturated carbocycles. The Kier molecular flexibility index (Phi) is 5.97. The van der Waals surface area contributed by atoms with Crippen molar-refractivity contribution in [3.63, 3.8) is 0 Å². The lowest BCUT2D eigenvalue weighted by atomic mass is 10.1. The molecule has 7 heteroatoms. The third-order valence-corrected chi connectivity index (χ3v) is 4.07. The van der Waals surface area contributed by atoms with E-state index in [2.05, 4.69) is 10.0 Å². The molecule has 0 fully saturated rings. The molecular formula is C17H17N3O3S. The summed E-state index contributed by atoms with van der Waals surface area (Å²) in [5, 5.41) is 13.5. The molecule has 6 nitrogen and oxygen atoms in total. The zero-order valence-corrected chi connectivity index (χ0v) is 14.1. The van der Waals surface area contributed by atoms with Crippen LogP contribution in [0.15, 0.2) is 65.2 Å². The van der Waals surface area contributed by atoms with Gasteiger partial charge < -0.3 is 10.0 Å². The predicted octanol–water partition coefficient (Wildman–Crippen LogP) is 4.37. The lowest BCUT2D eigenvalue weighted by Crippen LogP contribution is -2.22. The highest BCUT2D eigenvalue weighted by Crippen LogP contribution is 2.25. The molecule has 2 rings (SSSR count). The molecule has 0 radical (unpaired) electrons. The van der Waals surface area contributed by atoms with Crippen LogP contribution in [-0.2, 0) is 0 Å². The van der Waals surface area contributed by atoms with Gasteiger partial charge in [0, 0.05) is 22.7 Å². The number of nitrogens with one attached hydrogen (secondary N) is 2. The lowest BCUT2D eigenvalue weighted by Gasteiger charge is -2.11. The number of para-hydroxylation sites is 1. The second-order valence-electron chi connectivity index (χ2n) is 4.93. The molecule has 0 bridgehead atoms. The summed E-state index contributed by atoms with van der Waals surface area (Å²) in [4.78, 5) is 23.3. The molecule has 0 atom stereocenters. The Morgan fingerprint density at radius 1 is 1.17 bits per heavy atom. The normalized spacial score (nSPS) is 11.0. The molecule has 124 valence electrons. The van der Waals surface area contributed by atoms with Crippen molar-refractivity contribution in [2.24, 2.45) is 0 Å². The van der Waals surface area contributed by atoms with Crippen LogP contribution in [0.3, 0.4) is 0 Å². The van der Waals surface area contributed by atoms with E-state index in [9.17, 15) is 14.9 Å². The van der Waals surface area contributed by atoms with Gasteiger partial charge in [0.15, 0.2) is 0 Å². The zero-order valence-electron chi connectivity index (χ0n) is 13.3. The Morgan fingerprint density at radius 2 is 1.83 bits per heavy atom. The van der Waals surface area contributed by atoms with E-state index in [1.54, 1.807) is 30.3 Å². The van der Waals surface area contributed by atoms with Crippen molar-refractivity contribution in [2.75, 3.05) is 4.72 Å².